The van der Waals surface area contributed by atoms with E-state index >= 15 is 0 Å². The normalized spacial score (nSPS) is 19.0. The topological polar surface area (TPSA) is 0 Å². The van der Waals surface area contributed by atoms with Gasteiger partial charge in [-0.2, -0.15) is 0 Å². The van der Waals surface area contributed by atoms with Crippen LogP contribution in [0.4, 0.5) is 0 Å². The van der Waals surface area contributed by atoms with Crippen molar-refractivity contribution in [1.82, 2.24) is 0 Å². The molecule has 1 aromatic rings. The largest absolute Gasteiger partial charge is 0.126 e. The minimum absolute atomic E-state index is 0.267. The molecule has 1 aromatic carbocycles. The van der Waals surface area contributed by atoms with Gasteiger partial charge in [-0.3, -0.25) is 0 Å². The number of hydrogen-bond donors (Lipinski definition) is 0. The van der Waals surface area contributed by atoms with Crippen molar-refractivity contribution in [1.29, 1.82) is 0 Å². The van der Waals surface area contributed by atoms with Crippen LogP contribution in [0.25, 0.3) is 0 Å². The molecule has 16 heavy (non-hydrogen) atoms. The maximum Gasteiger partial charge on any atom is 0.0320 e. The van der Waals surface area contributed by atoms with Gasteiger partial charge in [0.2, 0.25) is 0 Å². The Bertz CT molecular complexity index is 363. The molecule has 1 heteroatoms. The highest BCUT2D eigenvalue weighted by Gasteiger charge is 2.36. The van der Waals surface area contributed by atoms with Crippen molar-refractivity contribution < 1.29 is 0 Å². The smallest absolute Gasteiger partial charge is 0.0320 e. The van der Waals surface area contributed by atoms with Crippen molar-refractivity contribution >= 4 is 11.6 Å². The van der Waals surface area contributed by atoms with Crippen LogP contribution < -0.4 is 0 Å². The Morgan fingerprint density at radius 3 is 2.00 bits per heavy atom. The molecule has 0 atom stereocenters. The molecule has 0 spiro atoms. The van der Waals surface area contributed by atoms with E-state index < -0.39 is 0 Å². The summed E-state index contributed by atoms with van der Waals surface area (Å²) in [6.07, 6.45) is 5.20. The highest BCUT2D eigenvalue weighted by molar-refractivity contribution is 6.18. The zero-order chi connectivity index (χ0) is 11.8. The summed E-state index contributed by atoms with van der Waals surface area (Å²) in [6, 6.07) is 4.60. The predicted molar refractivity (Wildman–Crippen MR) is 71.5 cm³/mol. The molecule has 0 bridgehead atoms. The van der Waals surface area contributed by atoms with E-state index in [9.17, 15) is 0 Å². The number of benzene rings is 1. The quantitative estimate of drug-likeness (QED) is 0.655. The Balaban J connectivity index is 2.54. The standard InChI is InChI=1S/C15H21Cl/c1-11-8-12(2)14(13(3)9-11)15(10-16)6-4-5-7-15/h8-9H,4-7,10H2,1-3H3. The molecule has 0 unspecified atom stereocenters. The first kappa shape index (κ1) is 12.0. The minimum atomic E-state index is 0.267. The maximum atomic E-state index is 6.28. The highest BCUT2D eigenvalue weighted by atomic mass is 35.5. The molecule has 0 heterocycles. The molecule has 1 saturated carbocycles. The van der Waals surface area contributed by atoms with Crippen molar-refractivity contribution in [3.8, 4) is 0 Å². The maximum absolute atomic E-state index is 6.28. The van der Waals surface area contributed by atoms with Crippen molar-refractivity contribution in [3.63, 3.8) is 0 Å². The van der Waals surface area contributed by atoms with E-state index in [1.165, 1.54) is 47.9 Å². The van der Waals surface area contributed by atoms with Crippen molar-refractivity contribution in [3.05, 3.63) is 34.4 Å². The molecule has 0 N–H and O–H groups in total. The Morgan fingerprint density at radius 2 is 1.56 bits per heavy atom. The highest BCUT2D eigenvalue weighted by Crippen LogP contribution is 2.44. The van der Waals surface area contributed by atoms with Gasteiger partial charge in [-0.15, -0.1) is 11.6 Å². The van der Waals surface area contributed by atoms with E-state index in [1.807, 2.05) is 0 Å². The zero-order valence-electron chi connectivity index (χ0n) is 10.6. The van der Waals surface area contributed by atoms with Crippen LogP contribution in [0.15, 0.2) is 12.1 Å². The molecule has 0 amide bonds. The van der Waals surface area contributed by atoms with Gasteiger partial charge >= 0.3 is 0 Å². The van der Waals surface area contributed by atoms with E-state index in [-0.39, 0.29) is 5.41 Å². The number of alkyl halides is 1. The molecular weight excluding hydrogens is 216 g/mol. The van der Waals surface area contributed by atoms with Crippen LogP contribution in [0, 0.1) is 20.8 Å². The average Bonchev–Trinajstić information content (AvgIpc) is 2.66. The van der Waals surface area contributed by atoms with E-state index in [4.69, 9.17) is 11.6 Å². The first-order valence-corrected chi connectivity index (χ1v) is 6.77. The lowest BCUT2D eigenvalue weighted by Crippen LogP contribution is -2.26. The molecule has 1 fully saturated rings. The summed E-state index contributed by atoms with van der Waals surface area (Å²) >= 11 is 6.28. The van der Waals surface area contributed by atoms with Crippen molar-refractivity contribution in [2.45, 2.75) is 51.9 Å². The van der Waals surface area contributed by atoms with Gasteiger partial charge in [-0.25, -0.2) is 0 Å². The first-order valence-electron chi connectivity index (χ1n) is 6.23. The summed E-state index contributed by atoms with van der Waals surface area (Å²) in [5.41, 5.74) is 6.02. The van der Waals surface area contributed by atoms with Crippen LogP contribution in [0.5, 0.6) is 0 Å². The lowest BCUT2D eigenvalue weighted by atomic mass is 9.76. The second-order valence-corrected chi connectivity index (χ2v) is 5.66. The molecule has 1 aliphatic carbocycles. The van der Waals surface area contributed by atoms with E-state index in [2.05, 4.69) is 32.9 Å². The first-order chi connectivity index (χ1) is 7.59. The predicted octanol–water partition coefficient (Wildman–Crippen LogP) is 4.66. The van der Waals surface area contributed by atoms with Crippen LogP contribution in [0.2, 0.25) is 0 Å². The monoisotopic (exact) mass is 236 g/mol. The molecule has 0 nitrogen and oxygen atoms in total. The third-order valence-electron chi connectivity index (χ3n) is 4.02. The van der Waals surface area contributed by atoms with Gasteiger partial charge in [0.05, 0.1) is 0 Å². The Kier molecular flexibility index (Phi) is 3.30. The van der Waals surface area contributed by atoms with Gasteiger partial charge in [-0.1, -0.05) is 30.5 Å². The van der Waals surface area contributed by atoms with Gasteiger partial charge < -0.3 is 0 Å². The summed E-state index contributed by atoms with van der Waals surface area (Å²) in [5, 5.41) is 0. The van der Waals surface area contributed by atoms with Crippen LogP contribution >= 0.6 is 11.6 Å². The summed E-state index contributed by atoms with van der Waals surface area (Å²) in [4.78, 5) is 0. The molecule has 0 aliphatic heterocycles. The molecule has 0 saturated heterocycles. The van der Waals surface area contributed by atoms with Gasteiger partial charge in [0.1, 0.15) is 0 Å². The van der Waals surface area contributed by atoms with Gasteiger partial charge in [0, 0.05) is 11.3 Å². The van der Waals surface area contributed by atoms with Gasteiger partial charge in [0.25, 0.3) is 0 Å². The summed E-state index contributed by atoms with van der Waals surface area (Å²) in [5.74, 6) is 0.776. The number of hydrogen-bond acceptors (Lipinski definition) is 0. The zero-order valence-corrected chi connectivity index (χ0v) is 11.3. The second-order valence-electron chi connectivity index (χ2n) is 5.39. The third-order valence-corrected chi connectivity index (χ3v) is 4.54. The number of rotatable bonds is 2. The Hall–Kier alpha value is -0.490. The lowest BCUT2D eigenvalue weighted by molar-refractivity contribution is 0.492. The average molecular weight is 237 g/mol. The third kappa shape index (κ3) is 1.88. The van der Waals surface area contributed by atoms with Gasteiger partial charge in [0.15, 0.2) is 0 Å². The van der Waals surface area contributed by atoms with Crippen molar-refractivity contribution in [2.75, 3.05) is 5.88 Å². The summed E-state index contributed by atoms with van der Waals surface area (Å²) in [6.45, 7) is 6.65. The molecule has 0 aromatic heterocycles. The van der Waals surface area contributed by atoms with E-state index in [0.717, 1.165) is 5.88 Å². The van der Waals surface area contributed by atoms with Crippen LogP contribution in [0.1, 0.15) is 47.9 Å². The fraction of sp³-hybridized carbons (Fsp3) is 0.600. The van der Waals surface area contributed by atoms with Crippen molar-refractivity contribution in [2.24, 2.45) is 0 Å². The summed E-state index contributed by atoms with van der Waals surface area (Å²) < 4.78 is 0. The Labute approximate surface area is 104 Å². The molecule has 1 aliphatic rings. The number of aryl methyl sites for hydroxylation is 3. The SMILES string of the molecule is Cc1cc(C)c(C2(CCl)CCCC2)c(C)c1. The molecule has 2 rings (SSSR count). The van der Waals surface area contributed by atoms with Crippen LogP contribution in [0.3, 0.4) is 0 Å². The molecular formula is C15H21Cl. The second kappa shape index (κ2) is 4.41. The van der Waals surface area contributed by atoms with Crippen LogP contribution in [-0.2, 0) is 5.41 Å². The number of halogens is 1. The fourth-order valence-electron chi connectivity index (χ4n) is 3.52. The van der Waals surface area contributed by atoms with Crippen LogP contribution in [-0.4, -0.2) is 5.88 Å². The van der Waals surface area contributed by atoms with E-state index in [1.54, 1.807) is 0 Å². The van der Waals surface area contributed by atoms with Gasteiger partial charge in [-0.05, 0) is 50.3 Å². The summed E-state index contributed by atoms with van der Waals surface area (Å²) in [7, 11) is 0. The molecule has 0 radical (unpaired) electrons. The lowest BCUT2D eigenvalue weighted by Gasteiger charge is -2.31. The fourth-order valence-corrected chi connectivity index (χ4v) is 3.92. The Morgan fingerprint density at radius 1 is 1.06 bits per heavy atom. The minimum Gasteiger partial charge on any atom is -0.126 e. The molecule has 88 valence electrons. The van der Waals surface area contributed by atoms with E-state index in [0.29, 0.717) is 0 Å².